The van der Waals surface area contributed by atoms with Crippen LogP contribution in [0.4, 0.5) is 4.39 Å². The van der Waals surface area contributed by atoms with Gasteiger partial charge in [0.1, 0.15) is 17.0 Å². The second kappa shape index (κ2) is 9.60. The third kappa shape index (κ3) is 4.63. The highest BCUT2D eigenvalue weighted by Gasteiger charge is 2.23. The average Bonchev–Trinajstić information content (AvgIpc) is 3.28. The number of hydrogen-bond donors (Lipinski definition) is 1. The van der Waals surface area contributed by atoms with E-state index in [9.17, 15) is 23.9 Å². The van der Waals surface area contributed by atoms with E-state index in [-0.39, 0.29) is 29.6 Å². The number of nitrogens with one attached hydrogen (secondary N) is 1. The molecule has 1 fully saturated rings. The quantitative estimate of drug-likeness (QED) is 0.411. The number of carbonyl (C=O) groups is 2. The number of carboxylic acid groups (broad SMARTS) is 1. The first kappa shape index (κ1) is 23.8. The highest BCUT2D eigenvalue weighted by atomic mass is 19.1. The first-order valence-electron chi connectivity index (χ1n) is 12.0. The Hall–Kier alpha value is -3.94. The number of halogens is 1. The van der Waals surface area contributed by atoms with E-state index in [0.29, 0.717) is 54.3 Å². The van der Waals surface area contributed by atoms with Crippen molar-refractivity contribution in [3.8, 4) is 11.1 Å². The van der Waals surface area contributed by atoms with E-state index in [4.69, 9.17) is 8.83 Å². The Bertz CT molecular complexity index is 1510. The predicted molar refractivity (Wildman–Crippen MR) is 130 cm³/mol. The Kier molecular flexibility index (Phi) is 6.35. The monoisotopic (exact) mass is 490 g/mol. The molecule has 0 saturated heterocycles. The second-order valence-electron chi connectivity index (χ2n) is 9.51. The molecule has 0 spiro atoms. The topological polar surface area (TPSA) is 113 Å². The minimum atomic E-state index is -1.01. The van der Waals surface area contributed by atoms with Gasteiger partial charge in [0.05, 0.1) is 18.2 Å². The zero-order chi connectivity index (χ0) is 25.4. The van der Waals surface area contributed by atoms with Crippen LogP contribution in [0.15, 0.2) is 56.3 Å². The highest BCUT2D eigenvalue weighted by molar-refractivity contribution is 6.02. The molecular formula is C28H25FNO6-. The van der Waals surface area contributed by atoms with Crippen LogP contribution in [0.25, 0.3) is 33.1 Å². The molecule has 0 aliphatic heterocycles. The molecule has 2 heterocycles. The van der Waals surface area contributed by atoms with E-state index >= 15 is 0 Å². The van der Waals surface area contributed by atoms with Crippen molar-refractivity contribution in [2.75, 3.05) is 6.54 Å². The number of carboxylic acids is 1. The number of furan rings is 1. The summed E-state index contributed by atoms with van der Waals surface area (Å²) in [6.45, 7) is 2.22. The summed E-state index contributed by atoms with van der Waals surface area (Å²) >= 11 is 0. The number of carbonyl (C=O) groups excluding carboxylic acids is 2. The molecule has 2 aromatic heterocycles. The van der Waals surface area contributed by atoms with Gasteiger partial charge in [-0.2, -0.15) is 0 Å². The molecule has 0 atom stereocenters. The zero-order valence-electron chi connectivity index (χ0n) is 19.8. The van der Waals surface area contributed by atoms with Gasteiger partial charge in [-0.1, -0.05) is 12.1 Å². The standard InChI is InChI=1S/C28H26FNO6/c1-15-20-10-22-23(17-6-8-19(29)9-7-17)14-35-24(22)12-25(20)36-28(34)21(15)11-26(31)30-13-16-2-4-18(5-3-16)27(32)33/h6-10,12,14,16,18H,2-5,11,13H2,1H3,(H,30,31)(H,32,33)/p-1. The highest BCUT2D eigenvalue weighted by Crippen LogP contribution is 2.34. The van der Waals surface area contributed by atoms with Crippen molar-refractivity contribution in [3.05, 3.63) is 70.0 Å². The molecule has 4 aromatic rings. The third-order valence-corrected chi connectivity index (χ3v) is 7.24. The lowest BCUT2D eigenvalue weighted by atomic mass is 9.82. The maximum Gasteiger partial charge on any atom is 0.340 e. The van der Waals surface area contributed by atoms with Crippen molar-refractivity contribution < 1.29 is 27.9 Å². The zero-order valence-corrected chi connectivity index (χ0v) is 19.8. The second-order valence-corrected chi connectivity index (χ2v) is 9.51. The molecule has 1 aliphatic carbocycles. The Labute approximate surface area is 205 Å². The summed E-state index contributed by atoms with van der Waals surface area (Å²) in [5.41, 5.74) is 2.82. The van der Waals surface area contributed by atoms with E-state index in [2.05, 4.69) is 5.32 Å². The summed E-state index contributed by atoms with van der Waals surface area (Å²) in [4.78, 5) is 36.4. The van der Waals surface area contributed by atoms with Crippen molar-refractivity contribution in [1.82, 2.24) is 5.32 Å². The van der Waals surface area contributed by atoms with E-state index < -0.39 is 17.5 Å². The fraction of sp³-hybridized carbons (Fsp3) is 0.321. The average molecular weight is 491 g/mol. The van der Waals surface area contributed by atoms with Gasteiger partial charge in [-0.05, 0) is 73.8 Å². The third-order valence-electron chi connectivity index (χ3n) is 7.24. The van der Waals surface area contributed by atoms with Crippen LogP contribution in [0.5, 0.6) is 0 Å². The van der Waals surface area contributed by atoms with Gasteiger partial charge in [0.15, 0.2) is 0 Å². The summed E-state index contributed by atoms with van der Waals surface area (Å²) in [6, 6.07) is 9.61. The maximum atomic E-state index is 13.4. The van der Waals surface area contributed by atoms with Gasteiger partial charge in [0, 0.05) is 34.9 Å². The lowest BCUT2D eigenvalue weighted by molar-refractivity contribution is -0.312. The molecule has 1 aliphatic rings. The summed E-state index contributed by atoms with van der Waals surface area (Å²) in [5.74, 6) is -1.83. The number of rotatable bonds is 6. The fourth-order valence-corrected chi connectivity index (χ4v) is 5.05. The van der Waals surface area contributed by atoms with Crippen LogP contribution < -0.4 is 16.0 Å². The Morgan fingerprint density at radius 2 is 1.78 bits per heavy atom. The van der Waals surface area contributed by atoms with E-state index in [1.165, 1.54) is 12.1 Å². The van der Waals surface area contributed by atoms with Crippen molar-refractivity contribution in [2.45, 2.75) is 39.0 Å². The lowest BCUT2D eigenvalue weighted by Gasteiger charge is -2.29. The number of benzene rings is 2. The number of aliphatic carboxylic acids is 1. The molecule has 2 aromatic carbocycles. The van der Waals surface area contributed by atoms with Gasteiger partial charge in [0.2, 0.25) is 5.91 Å². The van der Waals surface area contributed by atoms with E-state index in [0.717, 1.165) is 16.5 Å². The number of amides is 1. The molecule has 1 saturated carbocycles. The number of aryl methyl sites for hydroxylation is 1. The molecule has 186 valence electrons. The Balaban J connectivity index is 1.37. The van der Waals surface area contributed by atoms with Crippen LogP contribution in [0, 0.1) is 24.6 Å². The van der Waals surface area contributed by atoms with Crippen molar-refractivity contribution >= 4 is 33.8 Å². The number of hydrogen-bond acceptors (Lipinski definition) is 6. The molecular weight excluding hydrogens is 465 g/mol. The van der Waals surface area contributed by atoms with Gasteiger partial charge in [-0.3, -0.25) is 4.79 Å². The van der Waals surface area contributed by atoms with Gasteiger partial charge in [-0.25, -0.2) is 9.18 Å². The van der Waals surface area contributed by atoms with Crippen LogP contribution in [0.3, 0.4) is 0 Å². The summed E-state index contributed by atoms with van der Waals surface area (Å²) in [6.07, 6.45) is 4.00. The van der Waals surface area contributed by atoms with Crippen LogP contribution in [-0.4, -0.2) is 18.4 Å². The molecule has 36 heavy (non-hydrogen) atoms. The molecule has 0 radical (unpaired) electrons. The van der Waals surface area contributed by atoms with Gasteiger partial charge in [0.25, 0.3) is 0 Å². The van der Waals surface area contributed by atoms with E-state index in [1.807, 2.05) is 6.07 Å². The minimum absolute atomic E-state index is 0.118. The molecule has 5 rings (SSSR count). The van der Waals surface area contributed by atoms with Crippen LogP contribution in [-0.2, 0) is 16.0 Å². The van der Waals surface area contributed by atoms with Crippen molar-refractivity contribution in [2.24, 2.45) is 11.8 Å². The molecule has 1 amide bonds. The minimum Gasteiger partial charge on any atom is -0.550 e. The van der Waals surface area contributed by atoms with Gasteiger partial charge in [-0.15, -0.1) is 0 Å². The molecule has 0 unspecified atom stereocenters. The fourth-order valence-electron chi connectivity index (χ4n) is 5.05. The lowest BCUT2D eigenvalue weighted by Crippen LogP contribution is -2.37. The Morgan fingerprint density at radius 1 is 1.06 bits per heavy atom. The van der Waals surface area contributed by atoms with Crippen molar-refractivity contribution in [1.29, 1.82) is 0 Å². The van der Waals surface area contributed by atoms with Crippen LogP contribution >= 0.6 is 0 Å². The molecule has 1 N–H and O–H groups in total. The largest absolute Gasteiger partial charge is 0.550 e. The summed E-state index contributed by atoms with van der Waals surface area (Å²) in [7, 11) is 0. The van der Waals surface area contributed by atoms with Crippen LogP contribution in [0.2, 0.25) is 0 Å². The smallest absolute Gasteiger partial charge is 0.340 e. The first-order chi connectivity index (χ1) is 17.3. The van der Waals surface area contributed by atoms with Crippen LogP contribution in [0.1, 0.15) is 36.8 Å². The summed E-state index contributed by atoms with van der Waals surface area (Å²) < 4.78 is 24.6. The first-order valence-corrected chi connectivity index (χ1v) is 12.0. The van der Waals surface area contributed by atoms with Gasteiger partial charge >= 0.3 is 5.63 Å². The molecule has 7 nitrogen and oxygen atoms in total. The maximum absolute atomic E-state index is 13.4. The predicted octanol–water partition coefficient (Wildman–Crippen LogP) is 3.87. The molecule has 0 bridgehead atoms. The Morgan fingerprint density at radius 3 is 2.47 bits per heavy atom. The van der Waals surface area contributed by atoms with E-state index in [1.54, 1.807) is 31.4 Å². The van der Waals surface area contributed by atoms with Crippen molar-refractivity contribution in [3.63, 3.8) is 0 Å². The SMILES string of the molecule is Cc1c(CC(=O)NCC2CCC(C(=O)[O-])CC2)c(=O)oc2cc3occ(-c4ccc(F)cc4)c3cc12. The molecule has 8 heteroatoms. The normalized spacial score (nSPS) is 17.9. The summed E-state index contributed by atoms with van der Waals surface area (Å²) in [5, 5.41) is 15.4. The number of fused-ring (bicyclic) bond motifs is 2. The van der Waals surface area contributed by atoms with Gasteiger partial charge < -0.3 is 24.1 Å².